The Hall–Kier alpha value is -0.570. The summed E-state index contributed by atoms with van der Waals surface area (Å²) in [6.07, 6.45) is 8.57. The number of fused-ring (bicyclic) bond motifs is 5. The van der Waals surface area contributed by atoms with Gasteiger partial charge >= 0.3 is 0 Å². The molecule has 1 unspecified atom stereocenters. The second kappa shape index (κ2) is 5.46. The van der Waals surface area contributed by atoms with Gasteiger partial charge in [0.05, 0.1) is 0 Å². The van der Waals surface area contributed by atoms with Gasteiger partial charge < -0.3 is 4.90 Å². The van der Waals surface area contributed by atoms with Gasteiger partial charge in [-0.1, -0.05) is 13.8 Å². The van der Waals surface area contributed by atoms with Crippen molar-refractivity contribution in [3.63, 3.8) is 0 Å². The summed E-state index contributed by atoms with van der Waals surface area (Å²) in [7, 11) is 2.01. The maximum atomic E-state index is 12.2. The predicted octanol–water partition coefficient (Wildman–Crippen LogP) is 4.23. The Labute approximate surface area is 150 Å². The summed E-state index contributed by atoms with van der Waals surface area (Å²) in [4.78, 5) is 26.2. The molecule has 0 aromatic rings. The molecule has 0 aromatic carbocycles. The average molecular weight is 352 g/mol. The van der Waals surface area contributed by atoms with Gasteiger partial charge in [-0.05, 0) is 85.1 Å². The fraction of sp³-hybridized carbons (Fsp3) is 0.900. The highest BCUT2D eigenvalue weighted by atomic mass is 35.5. The van der Waals surface area contributed by atoms with Crippen molar-refractivity contribution in [1.82, 2.24) is 4.90 Å². The molecule has 0 N–H and O–H groups in total. The van der Waals surface area contributed by atoms with E-state index in [1.807, 2.05) is 11.9 Å². The zero-order valence-corrected chi connectivity index (χ0v) is 15.9. The minimum atomic E-state index is -0.110. The lowest BCUT2D eigenvalue weighted by Crippen LogP contribution is -2.61. The highest BCUT2D eigenvalue weighted by Crippen LogP contribution is 2.66. The summed E-state index contributed by atoms with van der Waals surface area (Å²) < 4.78 is 0. The third-order valence-corrected chi connectivity index (χ3v) is 9.09. The molecule has 24 heavy (non-hydrogen) atoms. The first-order chi connectivity index (χ1) is 11.3. The molecule has 4 rings (SSSR count). The molecule has 0 aromatic heterocycles. The summed E-state index contributed by atoms with van der Waals surface area (Å²) in [6, 6.07) is 0.413. The van der Waals surface area contributed by atoms with Crippen LogP contribution in [0.25, 0.3) is 0 Å². The third-order valence-electron chi connectivity index (χ3n) is 8.83. The molecule has 4 fully saturated rings. The Bertz CT molecular complexity index is 578. The molecule has 3 saturated carbocycles. The lowest BCUT2D eigenvalue weighted by molar-refractivity contribution is -0.159. The summed E-state index contributed by atoms with van der Waals surface area (Å²) in [5.41, 5.74) is 0.371. The van der Waals surface area contributed by atoms with Crippen LogP contribution >= 0.6 is 11.6 Å². The van der Waals surface area contributed by atoms with E-state index in [9.17, 15) is 9.59 Å². The van der Waals surface area contributed by atoms with Crippen molar-refractivity contribution in [1.29, 1.82) is 0 Å². The van der Waals surface area contributed by atoms with Gasteiger partial charge in [-0.2, -0.15) is 0 Å². The molecular formula is C20H30ClNO2. The fourth-order valence-corrected chi connectivity index (χ4v) is 7.88. The summed E-state index contributed by atoms with van der Waals surface area (Å²) in [5.74, 6) is 2.45. The number of hydrogen-bond acceptors (Lipinski definition) is 2. The molecule has 134 valence electrons. The summed E-state index contributed by atoms with van der Waals surface area (Å²) >= 11 is 5.96. The Balaban J connectivity index is 1.64. The van der Waals surface area contributed by atoms with Gasteiger partial charge in [-0.3, -0.25) is 9.59 Å². The first-order valence-corrected chi connectivity index (χ1v) is 10.1. The van der Waals surface area contributed by atoms with Crippen LogP contribution < -0.4 is 0 Å². The molecule has 0 bridgehead atoms. The van der Waals surface area contributed by atoms with E-state index in [1.54, 1.807) is 0 Å². The smallest absolute Gasteiger partial charge is 0.225 e. The molecule has 1 heterocycles. The van der Waals surface area contributed by atoms with Crippen molar-refractivity contribution in [2.45, 2.75) is 71.3 Å². The minimum absolute atomic E-state index is 0.0613. The van der Waals surface area contributed by atoms with Crippen molar-refractivity contribution in [2.24, 2.45) is 34.5 Å². The van der Waals surface area contributed by atoms with Crippen LogP contribution in [0.4, 0.5) is 0 Å². The largest absolute Gasteiger partial charge is 0.342 e. The quantitative estimate of drug-likeness (QED) is 0.663. The Morgan fingerprint density at radius 2 is 1.75 bits per heavy atom. The molecule has 0 radical (unpaired) electrons. The fourth-order valence-electron chi connectivity index (χ4n) is 7.52. The third kappa shape index (κ3) is 2.09. The zero-order valence-electron chi connectivity index (χ0n) is 15.2. The predicted molar refractivity (Wildman–Crippen MR) is 94.5 cm³/mol. The monoisotopic (exact) mass is 351 g/mol. The lowest BCUT2D eigenvalue weighted by Gasteiger charge is -2.61. The second-order valence-electron chi connectivity index (χ2n) is 9.46. The van der Waals surface area contributed by atoms with Crippen molar-refractivity contribution >= 4 is 22.8 Å². The first kappa shape index (κ1) is 16.9. The van der Waals surface area contributed by atoms with E-state index in [2.05, 4.69) is 13.8 Å². The van der Waals surface area contributed by atoms with E-state index in [4.69, 9.17) is 11.6 Å². The van der Waals surface area contributed by atoms with Gasteiger partial charge in [0.2, 0.25) is 11.1 Å². The van der Waals surface area contributed by atoms with Gasteiger partial charge in [0.1, 0.15) is 0 Å². The maximum absolute atomic E-state index is 12.2. The van der Waals surface area contributed by atoms with E-state index >= 15 is 0 Å². The molecule has 1 aliphatic heterocycles. The van der Waals surface area contributed by atoms with E-state index in [0.29, 0.717) is 36.1 Å². The van der Waals surface area contributed by atoms with Crippen molar-refractivity contribution < 1.29 is 9.59 Å². The standard InChI is InChI=1S/C20H30ClNO2/c1-19-10-8-14-12(13(19)5-6-15(19)18(21)24)4-7-16-20(14,2)11-9-17(23)22(16)3/h12-16H,4-11H2,1-3H3/t12-,13+,14+,15-,16?,19+,20-/m1/s1. The van der Waals surface area contributed by atoms with Crippen LogP contribution in [0.2, 0.25) is 0 Å². The van der Waals surface area contributed by atoms with Crippen LogP contribution in [0.1, 0.15) is 65.2 Å². The molecule has 3 aliphatic carbocycles. The summed E-state index contributed by atoms with van der Waals surface area (Å²) in [5, 5.41) is -0.110. The highest BCUT2D eigenvalue weighted by Gasteiger charge is 2.61. The molecule has 1 amide bonds. The van der Waals surface area contributed by atoms with Gasteiger partial charge in [-0.25, -0.2) is 0 Å². The Kier molecular flexibility index (Phi) is 3.84. The Morgan fingerprint density at radius 1 is 1.04 bits per heavy atom. The SMILES string of the molecule is CN1C(=O)CC[C@@]2(C)C1CC[C@@H]1[C@@H]3CC[C@H](C(=O)Cl)[C@@]3(C)CC[C@@H]12. The molecule has 4 heteroatoms. The van der Waals surface area contributed by atoms with Crippen LogP contribution in [0.15, 0.2) is 0 Å². The van der Waals surface area contributed by atoms with E-state index in [0.717, 1.165) is 32.1 Å². The topological polar surface area (TPSA) is 37.4 Å². The zero-order chi connectivity index (χ0) is 17.3. The number of nitrogens with zero attached hydrogens (tertiary/aromatic N) is 1. The highest BCUT2D eigenvalue weighted by molar-refractivity contribution is 6.64. The van der Waals surface area contributed by atoms with Gasteiger partial charge in [-0.15, -0.1) is 0 Å². The van der Waals surface area contributed by atoms with E-state index in [-0.39, 0.29) is 22.0 Å². The number of carbonyl (C=O) groups excluding carboxylic acids is 2. The van der Waals surface area contributed by atoms with E-state index < -0.39 is 0 Å². The number of halogens is 1. The van der Waals surface area contributed by atoms with Crippen molar-refractivity contribution in [3.05, 3.63) is 0 Å². The number of carbonyl (C=O) groups is 2. The summed E-state index contributed by atoms with van der Waals surface area (Å²) in [6.45, 7) is 4.77. The molecule has 7 atom stereocenters. The van der Waals surface area contributed by atoms with Gasteiger partial charge in [0.15, 0.2) is 0 Å². The molecule has 3 nitrogen and oxygen atoms in total. The molecular weight excluding hydrogens is 322 g/mol. The van der Waals surface area contributed by atoms with Gasteiger partial charge in [0.25, 0.3) is 0 Å². The second-order valence-corrected chi connectivity index (χ2v) is 9.83. The maximum Gasteiger partial charge on any atom is 0.225 e. The van der Waals surface area contributed by atoms with Crippen molar-refractivity contribution in [2.75, 3.05) is 7.05 Å². The molecule has 0 spiro atoms. The van der Waals surface area contributed by atoms with E-state index in [1.165, 1.54) is 12.8 Å². The molecule has 4 aliphatic rings. The first-order valence-electron chi connectivity index (χ1n) is 9.74. The Morgan fingerprint density at radius 3 is 2.46 bits per heavy atom. The van der Waals surface area contributed by atoms with Crippen LogP contribution in [0, 0.1) is 34.5 Å². The normalized spacial score (nSPS) is 50.9. The van der Waals surface area contributed by atoms with Crippen molar-refractivity contribution in [3.8, 4) is 0 Å². The van der Waals surface area contributed by atoms with Crippen LogP contribution in [-0.2, 0) is 9.59 Å². The average Bonchev–Trinajstić information content (AvgIpc) is 2.89. The lowest BCUT2D eigenvalue weighted by atomic mass is 9.47. The van der Waals surface area contributed by atoms with Crippen LogP contribution in [0.5, 0.6) is 0 Å². The number of rotatable bonds is 1. The van der Waals surface area contributed by atoms with Crippen LogP contribution in [-0.4, -0.2) is 29.1 Å². The van der Waals surface area contributed by atoms with Gasteiger partial charge in [0, 0.05) is 25.4 Å². The number of likely N-dealkylation sites (tertiary alicyclic amines) is 1. The number of hydrogen-bond donors (Lipinski definition) is 0. The number of amides is 1. The van der Waals surface area contributed by atoms with Crippen LogP contribution in [0.3, 0.4) is 0 Å². The number of piperidine rings is 1. The minimum Gasteiger partial charge on any atom is -0.342 e. The molecule has 1 saturated heterocycles.